The maximum atomic E-state index is 11.9. The average Bonchev–Trinajstić information content (AvgIpc) is 2.29. The zero-order chi connectivity index (χ0) is 13.6. The van der Waals surface area contributed by atoms with Crippen LogP contribution in [0.3, 0.4) is 0 Å². The van der Waals surface area contributed by atoms with E-state index in [4.69, 9.17) is 4.74 Å². The van der Waals surface area contributed by atoms with Gasteiger partial charge in [0.25, 0.3) is 0 Å². The molecule has 0 bridgehead atoms. The van der Waals surface area contributed by atoms with Crippen molar-refractivity contribution < 1.29 is 9.53 Å². The maximum absolute atomic E-state index is 11.9. The molecule has 0 atom stereocenters. The standard InChI is InChI=1S/C16H22O2/c1-5-14(16(2,3)4)15(17)18-12-11-13-9-7-6-8-10-13/h5-10H,11-12H2,1-4H3/b14-5-. The zero-order valence-electron chi connectivity index (χ0n) is 11.7. The third kappa shape index (κ3) is 4.36. The van der Waals surface area contributed by atoms with Gasteiger partial charge in [-0.05, 0) is 17.9 Å². The zero-order valence-corrected chi connectivity index (χ0v) is 11.7. The number of benzene rings is 1. The Morgan fingerprint density at radius 3 is 2.33 bits per heavy atom. The number of ether oxygens (including phenoxy) is 1. The van der Waals surface area contributed by atoms with Crippen molar-refractivity contribution in [1.29, 1.82) is 0 Å². The number of esters is 1. The Morgan fingerprint density at radius 1 is 1.22 bits per heavy atom. The van der Waals surface area contributed by atoms with Gasteiger partial charge in [0.2, 0.25) is 0 Å². The molecule has 2 nitrogen and oxygen atoms in total. The Bertz CT molecular complexity index is 410. The number of hydrogen-bond donors (Lipinski definition) is 0. The van der Waals surface area contributed by atoms with Crippen molar-refractivity contribution >= 4 is 5.97 Å². The smallest absolute Gasteiger partial charge is 0.334 e. The van der Waals surface area contributed by atoms with Crippen LogP contribution in [0.25, 0.3) is 0 Å². The minimum atomic E-state index is -0.207. The summed E-state index contributed by atoms with van der Waals surface area (Å²) in [6, 6.07) is 10.0. The molecule has 2 heteroatoms. The second kappa shape index (κ2) is 6.39. The van der Waals surface area contributed by atoms with Crippen LogP contribution >= 0.6 is 0 Å². The van der Waals surface area contributed by atoms with E-state index in [9.17, 15) is 4.79 Å². The van der Waals surface area contributed by atoms with Gasteiger partial charge in [-0.1, -0.05) is 57.2 Å². The van der Waals surface area contributed by atoms with Gasteiger partial charge in [0.15, 0.2) is 0 Å². The Labute approximate surface area is 110 Å². The lowest BCUT2D eigenvalue weighted by molar-refractivity contribution is -0.140. The molecule has 18 heavy (non-hydrogen) atoms. The number of carbonyl (C=O) groups excluding carboxylic acids is 1. The summed E-state index contributed by atoms with van der Waals surface area (Å²) in [6.45, 7) is 8.34. The summed E-state index contributed by atoms with van der Waals surface area (Å²) in [7, 11) is 0. The second-order valence-electron chi connectivity index (χ2n) is 5.32. The first-order valence-electron chi connectivity index (χ1n) is 6.33. The molecule has 98 valence electrons. The number of allylic oxidation sites excluding steroid dienone is 1. The summed E-state index contributed by atoms with van der Waals surface area (Å²) >= 11 is 0. The van der Waals surface area contributed by atoms with Gasteiger partial charge in [-0.15, -0.1) is 0 Å². The number of rotatable bonds is 4. The fraction of sp³-hybridized carbons (Fsp3) is 0.438. The lowest BCUT2D eigenvalue weighted by Gasteiger charge is -2.21. The summed E-state index contributed by atoms with van der Waals surface area (Å²) < 4.78 is 5.32. The molecule has 0 amide bonds. The van der Waals surface area contributed by atoms with Crippen LogP contribution in [0.15, 0.2) is 42.0 Å². The summed E-state index contributed by atoms with van der Waals surface area (Å²) in [5.74, 6) is -0.207. The van der Waals surface area contributed by atoms with E-state index in [0.717, 1.165) is 12.0 Å². The SMILES string of the molecule is C/C=C(/C(=O)OCCc1ccccc1)C(C)(C)C. The first-order chi connectivity index (χ1) is 8.45. The summed E-state index contributed by atoms with van der Waals surface area (Å²) in [5, 5.41) is 0. The van der Waals surface area contributed by atoms with E-state index >= 15 is 0 Å². The molecule has 0 fully saturated rings. The van der Waals surface area contributed by atoms with Crippen LogP contribution < -0.4 is 0 Å². The fourth-order valence-corrected chi connectivity index (χ4v) is 1.84. The molecule has 1 aromatic carbocycles. The number of carbonyl (C=O) groups is 1. The molecule has 0 unspecified atom stereocenters. The molecule has 0 aliphatic carbocycles. The highest BCUT2D eigenvalue weighted by Gasteiger charge is 2.23. The van der Waals surface area contributed by atoms with Crippen LogP contribution in [0.5, 0.6) is 0 Å². The van der Waals surface area contributed by atoms with Crippen LogP contribution in [-0.2, 0) is 16.0 Å². The molecule has 1 rings (SSSR count). The third-order valence-corrected chi connectivity index (χ3v) is 2.78. The lowest BCUT2D eigenvalue weighted by atomic mass is 9.86. The molecule has 0 saturated carbocycles. The highest BCUT2D eigenvalue weighted by atomic mass is 16.5. The first kappa shape index (κ1) is 14.5. The molecule has 1 aromatic rings. The van der Waals surface area contributed by atoms with Gasteiger partial charge >= 0.3 is 5.97 Å². The van der Waals surface area contributed by atoms with Crippen molar-refractivity contribution in [2.75, 3.05) is 6.61 Å². The van der Waals surface area contributed by atoms with Crippen LogP contribution in [-0.4, -0.2) is 12.6 Å². The van der Waals surface area contributed by atoms with Crippen LogP contribution in [0.2, 0.25) is 0 Å². The van der Waals surface area contributed by atoms with Crippen LogP contribution in [0.1, 0.15) is 33.3 Å². The molecule has 0 saturated heterocycles. The van der Waals surface area contributed by atoms with E-state index in [1.807, 2.05) is 64.1 Å². The van der Waals surface area contributed by atoms with Gasteiger partial charge in [-0.2, -0.15) is 0 Å². The van der Waals surface area contributed by atoms with Crippen molar-refractivity contribution in [2.45, 2.75) is 34.1 Å². The summed E-state index contributed by atoms with van der Waals surface area (Å²) in [5.41, 5.74) is 1.75. The summed E-state index contributed by atoms with van der Waals surface area (Å²) in [4.78, 5) is 11.9. The molecule has 0 radical (unpaired) electrons. The monoisotopic (exact) mass is 246 g/mol. The average molecular weight is 246 g/mol. The predicted octanol–water partition coefficient (Wildman–Crippen LogP) is 3.76. The molecule has 0 aliphatic rings. The van der Waals surface area contributed by atoms with E-state index in [1.165, 1.54) is 5.56 Å². The molecule has 0 aliphatic heterocycles. The molecule has 0 aromatic heterocycles. The molecule has 0 spiro atoms. The van der Waals surface area contributed by atoms with Crippen molar-refractivity contribution in [3.63, 3.8) is 0 Å². The van der Waals surface area contributed by atoms with Crippen LogP contribution in [0, 0.1) is 5.41 Å². The van der Waals surface area contributed by atoms with Gasteiger partial charge < -0.3 is 4.74 Å². The molecular weight excluding hydrogens is 224 g/mol. The quantitative estimate of drug-likeness (QED) is 0.597. The van der Waals surface area contributed by atoms with Crippen molar-refractivity contribution in [3.05, 3.63) is 47.5 Å². The van der Waals surface area contributed by atoms with E-state index < -0.39 is 0 Å². The van der Waals surface area contributed by atoms with E-state index in [2.05, 4.69) is 0 Å². The van der Waals surface area contributed by atoms with Gasteiger partial charge in [-0.25, -0.2) is 4.79 Å². The molecular formula is C16H22O2. The highest BCUT2D eigenvalue weighted by molar-refractivity contribution is 5.89. The van der Waals surface area contributed by atoms with Gasteiger partial charge in [-0.3, -0.25) is 0 Å². The Morgan fingerprint density at radius 2 is 1.83 bits per heavy atom. The Balaban J connectivity index is 2.47. The minimum absolute atomic E-state index is 0.168. The second-order valence-corrected chi connectivity index (χ2v) is 5.32. The normalized spacial score (nSPS) is 12.3. The van der Waals surface area contributed by atoms with Gasteiger partial charge in [0, 0.05) is 12.0 Å². The predicted molar refractivity (Wildman–Crippen MR) is 74.3 cm³/mol. The first-order valence-corrected chi connectivity index (χ1v) is 6.33. The number of hydrogen-bond acceptors (Lipinski definition) is 2. The Hall–Kier alpha value is -1.57. The van der Waals surface area contributed by atoms with Gasteiger partial charge in [0.05, 0.1) is 6.61 Å². The van der Waals surface area contributed by atoms with E-state index in [0.29, 0.717) is 6.61 Å². The lowest BCUT2D eigenvalue weighted by Crippen LogP contribution is -2.21. The largest absolute Gasteiger partial charge is 0.462 e. The fourth-order valence-electron chi connectivity index (χ4n) is 1.84. The van der Waals surface area contributed by atoms with Gasteiger partial charge in [0.1, 0.15) is 0 Å². The van der Waals surface area contributed by atoms with E-state index in [1.54, 1.807) is 0 Å². The van der Waals surface area contributed by atoms with Crippen molar-refractivity contribution in [2.24, 2.45) is 5.41 Å². The molecule has 0 heterocycles. The Kier molecular flexibility index (Phi) is 5.14. The minimum Gasteiger partial charge on any atom is -0.462 e. The summed E-state index contributed by atoms with van der Waals surface area (Å²) in [6.07, 6.45) is 2.60. The third-order valence-electron chi connectivity index (χ3n) is 2.78. The molecule has 0 N–H and O–H groups in total. The van der Waals surface area contributed by atoms with Crippen molar-refractivity contribution in [3.8, 4) is 0 Å². The highest BCUT2D eigenvalue weighted by Crippen LogP contribution is 2.26. The maximum Gasteiger partial charge on any atom is 0.334 e. The van der Waals surface area contributed by atoms with E-state index in [-0.39, 0.29) is 11.4 Å². The van der Waals surface area contributed by atoms with Crippen LogP contribution in [0.4, 0.5) is 0 Å². The van der Waals surface area contributed by atoms with Crippen molar-refractivity contribution in [1.82, 2.24) is 0 Å². The topological polar surface area (TPSA) is 26.3 Å².